The molecular formula is C16H24N2. The minimum atomic E-state index is 0.707. The monoisotopic (exact) mass is 244 g/mol. The lowest BCUT2D eigenvalue weighted by molar-refractivity contribution is 0.169. The highest BCUT2D eigenvalue weighted by molar-refractivity contribution is 5.29. The number of nitrogens with zero attached hydrogens (tertiary/aromatic N) is 1. The first-order valence-electron chi connectivity index (χ1n) is 7.41. The zero-order valence-corrected chi connectivity index (χ0v) is 11.4. The summed E-state index contributed by atoms with van der Waals surface area (Å²) in [5, 5.41) is 3.69. The second-order valence-corrected chi connectivity index (χ2v) is 5.73. The average Bonchev–Trinajstić information content (AvgIpc) is 3.23. The van der Waals surface area contributed by atoms with Crippen LogP contribution in [0.3, 0.4) is 0 Å². The first kappa shape index (κ1) is 12.2. The van der Waals surface area contributed by atoms with Crippen molar-refractivity contribution < 1.29 is 0 Å². The van der Waals surface area contributed by atoms with Gasteiger partial charge >= 0.3 is 0 Å². The van der Waals surface area contributed by atoms with E-state index in [1.807, 2.05) is 0 Å². The summed E-state index contributed by atoms with van der Waals surface area (Å²) in [7, 11) is 0. The Morgan fingerprint density at radius 3 is 2.78 bits per heavy atom. The van der Waals surface area contributed by atoms with Gasteiger partial charge in [-0.25, -0.2) is 0 Å². The fourth-order valence-corrected chi connectivity index (χ4v) is 2.95. The molecule has 0 aromatic heterocycles. The molecule has 1 aliphatic heterocycles. The lowest BCUT2D eigenvalue weighted by Gasteiger charge is -2.35. The van der Waals surface area contributed by atoms with Gasteiger partial charge < -0.3 is 5.32 Å². The molecule has 0 saturated heterocycles. The standard InChI is InChI=1S/C16H24N2/c1-2-16(11-17-15-7-8-15)18-10-9-13-5-3-4-6-14(13)12-18/h3-6,15-17H,2,7-12H2,1H3. The number of rotatable bonds is 5. The maximum absolute atomic E-state index is 3.69. The minimum Gasteiger partial charge on any atom is -0.312 e. The van der Waals surface area contributed by atoms with E-state index >= 15 is 0 Å². The summed E-state index contributed by atoms with van der Waals surface area (Å²) in [5.41, 5.74) is 3.09. The van der Waals surface area contributed by atoms with Crippen molar-refractivity contribution in [2.75, 3.05) is 13.1 Å². The number of hydrogen-bond acceptors (Lipinski definition) is 2. The topological polar surface area (TPSA) is 15.3 Å². The van der Waals surface area contributed by atoms with Crippen LogP contribution in [-0.2, 0) is 13.0 Å². The van der Waals surface area contributed by atoms with Gasteiger partial charge in [0.15, 0.2) is 0 Å². The fraction of sp³-hybridized carbons (Fsp3) is 0.625. The van der Waals surface area contributed by atoms with E-state index in [4.69, 9.17) is 0 Å². The summed E-state index contributed by atoms with van der Waals surface area (Å²) in [6, 6.07) is 10.5. The Morgan fingerprint density at radius 2 is 2.06 bits per heavy atom. The molecule has 0 radical (unpaired) electrons. The van der Waals surface area contributed by atoms with Crippen LogP contribution in [0.4, 0.5) is 0 Å². The van der Waals surface area contributed by atoms with E-state index in [2.05, 4.69) is 41.4 Å². The second kappa shape index (κ2) is 5.41. The van der Waals surface area contributed by atoms with Crippen molar-refractivity contribution >= 4 is 0 Å². The third kappa shape index (κ3) is 2.76. The maximum atomic E-state index is 3.69. The van der Waals surface area contributed by atoms with E-state index in [0.717, 1.165) is 12.6 Å². The van der Waals surface area contributed by atoms with Gasteiger partial charge in [0.05, 0.1) is 0 Å². The predicted octanol–water partition coefficient (Wildman–Crippen LogP) is 2.58. The largest absolute Gasteiger partial charge is 0.312 e. The molecule has 0 bridgehead atoms. The Labute approximate surface area is 110 Å². The number of hydrogen-bond donors (Lipinski definition) is 1. The Bertz CT molecular complexity index is 398. The second-order valence-electron chi connectivity index (χ2n) is 5.73. The van der Waals surface area contributed by atoms with Gasteiger partial charge in [-0.3, -0.25) is 4.90 Å². The van der Waals surface area contributed by atoms with Gasteiger partial charge in [-0.1, -0.05) is 31.2 Å². The van der Waals surface area contributed by atoms with E-state index in [9.17, 15) is 0 Å². The molecule has 1 unspecified atom stereocenters. The summed E-state index contributed by atoms with van der Waals surface area (Å²) in [6.45, 7) is 5.85. The summed E-state index contributed by atoms with van der Waals surface area (Å²) < 4.78 is 0. The molecule has 1 aliphatic carbocycles. The van der Waals surface area contributed by atoms with Crippen molar-refractivity contribution in [1.82, 2.24) is 10.2 Å². The first-order valence-corrected chi connectivity index (χ1v) is 7.41. The molecule has 2 nitrogen and oxygen atoms in total. The molecule has 1 N–H and O–H groups in total. The van der Waals surface area contributed by atoms with Gasteiger partial charge in [0.25, 0.3) is 0 Å². The summed E-state index contributed by atoms with van der Waals surface area (Å²) in [4.78, 5) is 2.66. The van der Waals surface area contributed by atoms with Gasteiger partial charge in [0.2, 0.25) is 0 Å². The molecule has 98 valence electrons. The van der Waals surface area contributed by atoms with E-state index in [1.165, 1.54) is 44.3 Å². The molecule has 1 aromatic rings. The van der Waals surface area contributed by atoms with Gasteiger partial charge in [0.1, 0.15) is 0 Å². The van der Waals surface area contributed by atoms with Crippen molar-refractivity contribution in [3.8, 4) is 0 Å². The van der Waals surface area contributed by atoms with Crippen LogP contribution in [0.25, 0.3) is 0 Å². The molecule has 3 rings (SSSR count). The SMILES string of the molecule is CCC(CNC1CC1)N1CCc2ccccc2C1. The Hall–Kier alpha value is -0.860. The molecule has 2 heteroatoms. The molecule has 1 atom stereocenters. The zero-order valence-electron chi connectivity index (χ0n) is 11.4. The highest BCUT2D eigenvalue weighted by Gasteiger charge is 2.25. The van der Waals surface area contributed by atoms with E-state index in [1.54, 1.807) is 5.56 Å². The van der Waals surface area contributed by atoms with Crippen LogP contribution in [0.1, 0.15) is 37.3 Å². The molecular weight excluding hydrogens is 220 g/mol. The lowest BCUT2D eigenvalue weighted by Crippen LogP contribution is -2.44. The van der Waals surface area contributed by atoms with Gasteiger partial charge in [0, 0.05) is 31.7 Å². The summed E-state index contributed by atoms with van der Waals surface area (Å²) in [6.07, 6.45) is 5.25. The fourth-order valence-electron chi connectivity index (χ4n) is 2.95. The third-order valence-corrected chi connectivity index (χ3v) is 4.37. The highest BCUT2D eigenvalue weighted by Crippen LogP contribution is 2.22. The molecule has 18 heavy (non-hydrogen) atoms. The summed E-state index contributed by atoms with van der Waals surface area (Å²) >= 11 is 0. The van der Waals surface area contributed by atoms with Crippen molar-refractivity contribution in [3.63, 3.8) is 0 Å². The van der Waals surface area contributed by atoms with Crippen LogP contribution in [0.2, 0.25) is 0 Å². The molecule has 0 spiro atoms. The zero-order chi connectivity index (χ0) is 12.4. The normalized spacial score (nSPS) is 21.6. The molecule has 1 heterocycles. The van der Waals surface area contributed by atoms with Crippen LogP contribution >= 0.6 is 0 Å². The summed E-state index contributed by atoms with van der Waals surface area (Å²) in [5.74, 6) is 0. The van der Waals surface area contributed by atoms with Crippen LogP contribution in [0.5, 0.6) is 0 Å². The third-order valence-electron chi connectivity index (χ3n) is 4.37. The van der Waals surface area contributed by atoms with Gasteiger partial charge in [-0.2, -0.15) is 0 Å². The van der Waals surface area contributed by atoms with E-state index in [0.29, 0.717) is 6.04 Å². The maximum Gasteiger partial charge on any atom is 0.0240 e. The molecule has 1 fully saturated rings. The van der Waals surface area contributed by atoms with Crippen LogP contribution in [0, 0.1) is 0 Å². The Kier molecular flexibility index (Phi) is 3.67. The lowest BCUT2D eigenvalue weighted by atomic mass is 9.98. The van der Waals surface area contributed by atoms with Crippen LogP contribution in [0.15, 0.2) is 24.3 Å². The van der Waals surface area contributed by atoms with Crippen LogP contribution in [-0.4, -0.2) is 30.1 Å². The molecule has 0 amide bonds. The number of fused-ring (bicyclic) bond motifs is 1. The molecule has 1 saturated carbocycles. The highest BCUT2D eigenvalue weighted by atomic mass is 15.2. The Morgan fingerprint density at radius 1 is 1.28 bits per heavy atom. The first-order chi connectivity index (χ1) is 8.86. The quantitative estimate of drug-likeness (QED) is 0.856. The molecule has 1 aromatic carbocycles. The van der Waals surface area contributed by atoms with Crippen molar-refractivity contribution in [3.05, 3.63) is 35.4 Å². The molecule has 2 aliphatic rings. The Balaban J connectivity index is 1.61. The van der Waals surface area contributed by atoms with Gasteiger partial charge in [-0.15, -0.1) is 0 Å². The minimum absolute atomic E-state index is 0.707. The van der Waals surface area contributed by atoms with E-state index in [-0.39, 0.29) is 0 Å². The van der Waals surface area contributed by atoms with Crippen molar-refractivity contribution in [2.24, 2.45) is 0 Å². The average molecular weight is 244 g/mol. The smallest absolute Gasteiger partial charge is 0.0240 e. The predicted molar refractivity (Wildman–Crippen MR) is 75.7 cm³/mol. The number of nitrogens with one attached hydrogen (secondary N) is 1. The number of benzene rings is 1. The van der Waals surface area contributed by atoms with E-state index < -0.39 is 0 Å². The van der Waals surface area contributed by atoms with Crippen LogP contribution < -0.4 is 5.32 Å². The van der Waals surface area contributed by atoms with Gasteiger partial charge in [-0.05, 0) is 36.8 Å². The van der Waals surface area contributed by atoms with Crippen molar-refractivity contribution in [1.29, 1.82) is 0 Å². The van der Waals surface area contributed by atoms with Crippen molar-refractivity contribution in [2.45, 2.75) is 51.2 Å².